The van der Waals surface area contributed by atoms with Crippen LogP contribution in [0.1, 0.15) is 46.3 Å². The minimum Gasteiger partial charge on any atom is -0.358 e. The topological polar surface area (TPSA) is 41.1 Å². The summed E-state index contributed by atoms with van der Waals surface area (Å²) in [7, 11) is 1.59. The van der Waals surface area contributed by atoms with Gasteiger partial charge in [-0.1, -0.05) is 66.2 Å². The molecule has 0 unspecified atom stereocenters. The lowest BCUT2D eigenvalue weighted by Crippen LogP contribution is -2.38. The third-order valence-corrected chi connectivity index (χ3v) is 6.02. The van der Waals surface area contributed by atoms with Crippen LogP contribution < -0.4 is 10.6 Å². The molecule has 0 spiro atoms. The number of alkyl halides is 3. The minimum atomic E-state index is -4.36. The minimum absolute atomic E-state index is 0.175. The third-order valence-electron chi connectivity index (χ3n) is 5.60. The Labute approximate surface area is 197 Å². The molecule has 33 heavy (non-hydrogen) atoms. The first-order chi connectivity index (χ1) is 15.7. The number of likely N-dealkylation sites (N-methyl/N-ethyl adjacent to an activating group) is 1. The highest BCUT2D eigenvalue weighted by Crippen LogP contribution is 2.30. The van der Waals surface area contributed by atoms with Gasteiger partial charge in [-0.25, -0.2) is 0 Å². The van der Waals surface area contributed by atoms with E-state index in [4.69, 9.17) is 11.6 Å². The first kappa shape index (κ1) is 24.8. The van der Waals surface area contributed by atoms with E-state index in [0.717, 1.165) is 34.4 Å². The zero-order chi connectivity index (χ0) is 24.0. The molecule has 0 aliphatic heterocycles. The van der Waals surface area contributed by atoms with Gasteiger partial charge in [0, 0.05) is 18.1 Å². The van der Waals surface area contributed by atoms with E-state index in [9.17, 15) is 18.0 Å². The first-order valence-corrected chi connectivity index (χ1v) is 11.0. The van der Waals surface area contributed by atoms with Crippen LogP contribution in [-0.4, -0.2) is 13.0 Å². The SMILES string of the molecule is CNC(=O)[C@@H](N[C@H](CCc1ccc(C(F)(F)F)cc1)c1ccc(Cl)c(C)c1)c1ccccc1. The first-order valence-electron chi connectivity index (χ1n) is 10.6. The number of rotatable bonds is 8. The molecule has 1 amide bonds. The van der Waals surface area contributed by atoms with Gasteiger partial charge < -0.3 is 5.32 Å². The molecule has 3 rings (SSSR count). The third kappa shape index (κ3) is 6.59. The van der Waals surface area contributed by atoms with Crippen LogP contribution in [0.2, 0.25) is 5.02 Å². The smallest absolute Gasteiger partial charge is 0.358 e. The Morgan fingerprint density at radius 1 is 0.970 bits per heavy atom. The van der Waals surface area contributed by atoms with Crippen molar-refractivity contribution in [1.82, 2.24) is 10.6 Å². The lowest BCUT2D eigenvalue weighted by molar-refractivity contribution is -0.137. The summed E-state index contributed by atoms with van der Waals surface area (Å²) in [5, 5.41) is 6.81. The van der Waals surface area contributed by atoms with Crippen molar-refractivity contribution in [3.05, 3.63) is 106 Å². The van der Waals surface area contributed by atoms with Crippen LogP contribution in [0.5, 0.6) is 0 Å². The van der Waals surface area contributed by atoms with E-state index in [0.29, 0.717) is 17.9 Å². The number of hydrogen-bond donors (Lipinski definition) is 2. The van der Waals surface area contributed by atoms with E-state index in [1.807, 2.05) is 55.5 Å². The second-order valence-corrected chi connectivity index (χ2v) is 8.33. The van der Waals surface area contributed by atoms with Crippen molar-refractivity contribution in [1.29, 1.82) is 0 Å². The Kier molecular flexibility index (Phi) is 8.16. The van der Waals surface area contributed by atoms with Gasteiger partial charge in [0.2, 0.25) is 5.91 Å². The number of nitrogens with one attached hydrogen (secondary N) is 2. The van der Waals surface area contributed by atoms with Gasteiger partial charge >= 0.3 is 6.18 Å². The lowest BCUT2D eigenvalue weighted by Gasteiger charge is -2.26. The summed E-state index contributed by atoms with van der Waals surface area (Å²) in [5.74, 6) is -0.175. The summed E-state index contributed by atoms with van der Waals surface area (Å²) in [6.07, 6.45) is -3.25. The summed E-state index contributed by atoms with van der Waals surface area (Å²) in [5.41, 5.74) is 2.80. The standard InChI is InChI=1S/C26H26ClF3N2O/c1-17-16-20(11-14-22(17)27)23(15-10-18-8-12-21(13-9-18)26(28,29)30)32-24(25(33)31-2)19-6-4-3-5-7-19/h3-9,11-14,16,23-24,32H,10,15H2,1-2H3,(H,31,33)/t23-,24+/m1/s1. The van der Waals surface area contributed by atoms with Gasteiger partial charge in [0.05, 0.1) is 5.56 Å². The molecule has 0 radical (unpaired) electrons. The molecular formula is C26H26ClF3N2O. The number of amides is 1. The van der Waals surface area contributed by atoms with E-state index >= 15 is 0 Å². The number of halogens is 4. The van der Waals surface area contributed by atoms with Crippen molar-refractivity contribution in [2.75, 3.05) is 7.05 Å². The Bertz CT molecular complexity index is 1070. The summed E-state index contributed by atoms with van der Waals surface area (Å²) >= 11 is 6.21. The van der Waals surface area contributed by atoms with Gasteiger partial charge in [0.15, 0.2) is 0 Å². The summed E-state index contributed by atoms with van der Waals surface area (Å²) < 4.78 is 38.6. The number of carbonyl (C=O) groups is 1. The van der Waals surface area contributed by atoms with Gasteiger partial charge in [-0.2, -0.15) is 13.2 Å². The highest BCUT2D eigenvalue weighted by molar-refractivity contribution is 6.31. The molecule has 0 saturated carbocycles. The van der Waals surface area contributed by atoms with Crippen LogP contribution in [0, 0.1) is 6.92 Å². The maximum Gasteiger partial charge on any atom is 0.416 e. The molecule has 174 valence electrons. The summed E-state index contributed by atoms with van der Waals surface area (Å²) in [6.45, 7) is 1.91. The second kappa shape index (κ2) is 10.9. The van der Waals surface area contributed by atoms with Crippen molar-refractivity contribution in [2.45, 2.75) is 38.0 Å². The van der Waals surface area contributed by atoms with E-state index < -0.39 is 17.8 Å². The van der Waals surface area contributed by atoms with Crippen LogP contribution in [0.15, 0.2) is 72.8 Å². The number of carbonyl (C=O) groups excluding carboxylic acids is 1. The van der Waals surface area contributed by atoms with Crippen molar-refractivity contribution >= 4 is 17.5 Å². The van der Waals surface area contributed by atoms with Crippen molar-refractivity contribution in [2.24, 2.45) is 0 Å². The molecule has 3 aromatic rings. The van der Waals surface area contributed by atoms with Crippen molar-refractivity contribution in [3.8, 4) is 0 Å². The molecule has 3 aromatic carbocycles. The largest absolute Gasteiger partial charge is 0.416 e. The number of benzene rings is 3. The fraction of sp³-hybridized carbons (Fsp3) is 0.269. The highest BCUT2D eigenvalue weighted by atomic mass is 35.5. The summed E-state index contributed by atoms with van der Waals surface area (Å²) in [6, 6.07) is 19.5. The molecular weight excluding hydrogens is 449 g/mol. The van der Waals surface area contributed by atoms with Crippen molar-refractivity contribution < 1.29 is 18.0 Å². The highest BCUT2D eigenvalue weighted by Gasteiger charge is 2.30. The fourth-order valence-electron chi connectivity index (χ4n) is 3.72. The zero-order valence-corrected chi connectivity index (χ0v) is 19.2. The Balaban J connectivity index is 1.87. The molecule has 0 saturated heterocycles. The maximum atomic E-state index is 12.9. The number of aryl methyl sites for hydroxylation is 2. The molecule has 2 atom stereocenters. The molecule has 0 aliphatic carbocycles. The van der Waals surface area contributed by atoms with Gasteiger partial charge in [-0.15, -0.1) is 0 Å². The monoisotopic (exact) mass is 474 g/mol. The van der Waals surface area contributed by atoms with Crippen LogP contribution in [0.3, 0.4) is 0 Å². The predicted octanol–water partition coefficient (Wildman–Crippen LogP) is 6.42. The second-order valence-electron chi connectivity index (χ2n) is 7.92. The molecule has 0 aromatic heterocycles. The zero-order valence-electron chi connectivity index (χ0n) is 18.4. The predicted molar refractivity (Wildman–Crippen MR) is 125 cm³/mol. The van der Waals surface area contributed by atoms with E-state index in [2.05, 4.69) is 10.6 Å². The molecule has 0 bridgehead atoms. The van der Waals surface area contributed by atoms with Gasteiger partial charge in [-0.3, -0.25) is 10.1 Å². The maximum absolute atomic E-state index is 12.9. The van der Waals surface area contributed by atoms with Crippen LogP contribution >= 0.6 is 11.6 Å². The average molecular weight is 475 g/mol. The Morgan fingerprint density at radius 3 is 2.21 bits per heavy atom. The van der Waals surface area contributed by atoms with Crippen LogP contribution in [0.4, 0.5) is 13.2 Å². The summed E-state index contributed by atoms with van der Waals surface area (Å²) in [4.78, 5) is 12.7. The molecule has 7 heteroatoms. The quantitative estimate of drug-likeness (QED) is 0.395. The van der Waals surface area contributed by atoms with Gasteiger partial charge in [0.1, 0.15) is 6.04 Å². The fourth-order valence-corrected chi connectivity index (χ4v) is 3.83. The van der Waals surface area contributed by atoms with E-state index in [1.54, 1.807) is 7.05 Å². The normalized spacial score (nSPS) is 13.4. The van der Waals surface area contributed by atoms with Gasteiger partial charge in [-0.05, 0) is 60.2 Å². The number of hydrogen-bond acceptors (Lipinski definition) is 2. The molecule has 0 fully saturated rings. The van der Waals surface area contributed by atoms with Gasteiger partial charge in [0.25, 0.3) is 0 Å². The Hall–Kier alpha value is -2.83. The van der Waals surface area contributed by atoms with E-state index in [1.165, 1.54) is 12.1 Å². The molecule has 0 heterocycles. The molecule has 0 aliphatic rings. The van der Waals surface area contributed by atoms with Crippen LogP contribution in [0.25, 0.3) is 0 Å². The molecule has 2 N–H and O–H groups in total. The van der Waals surface area contributed by atoms with Crippen molar-refractivity contribution in [3.63, 3.8) is 0 Å². The molecule has 3 nitrogen and oxygen atoms in total. The Morgan fingerprint density at radius 2 is 1.64 bits per heavy atom. The van der Waals surface area contributed by atoms with Crippen LogP contribution in [-0.2, 0) is 17.4 Å². The average Bonchev–Trinajstić information content (AvgIpc) is 2.81. The lowest BCUT2D eigenvalue weighted by atomic mass is 9.95. The van der Waals surface area contributed by atoms with E-state index in [-0.39, 0.29) is 11.9 Å².